The summed E-state index contributed by atoms with van der Waals surface area (Å²) in [5, 5.41) is 3.18. The largest absolute Gasteiger partial charge is 1.00 e. The molecular weight excluding hydrogens is 182 g/mol. The fourth-order valence-electron chi connectivity index (χ4n) is 0.146. The van der Waals surface area contributed by atoms with E-state index in [9.17, 15) is 21.6 Å². The normalized spacial score (nSPS) is 12.0. The minimum atomic E-state index is -5.40. The average molecular weight is 185 g/mol. The van der Waals surface area contributed by atoms with E-state index in [4.69, 9.17) is 9.96 Å². The first-order chi connectivity index (χ1) is 4.15. The average Bonchev–Trinajstić information content (AvgIpc) is 1.59. The third-order valence-electron chi connectivity index (χ3n) is 0.515. The van der Waals surface area contributed by atoms with Gasteiger partial charge in [0.1, 0.15) is 0 Å². The zero-order chi connectivity index (χ0) is 8.58. The van der Waals surface area contributed by atoms with Gasteiger partial charge in [0.15, 0.2) is 0 Å². The van der Waals surface area contributed by atoms with Gasteiger partial charge in [0.2, 0.25) is 0 Å². The van der Waals surface area contributed by atoms with Gasteiger partial charge in [-0.25, -0.2) is 0 Å². The zero-order valence-electron chi connectivity index (χ0n) is 6.31. The summed E-state index contributed by atoms with van der Waals surface area (Å²) >= 11 is 0. The maximum Gasteiger partial charge on any atom is 1.00 e. The summed E-state index contributed by atoms with van der Waals surface area (Å²) in [4.78, 5) is 0. The first kappa shape index (κ1) is 13.5. The molecule has 9 heteroatoms. The van der Waals surface area contributed by atoms with Gasteiger partial charge in [-0.2, -0.15) is 21.6 Å². The Morgan fingerprint density at radius 2 is 1.73 bits per heavy atom. The first-order valence-electron chi connectivity index (χ1n) is 1.79. The van der Waals surface area contributed by atoms with E-state index in [1.807, 2.05) is 0 Å². The molecule has 0 unspecified atom stereocenters. The van der Waals surface area contributed by atoms with E-state index in [1.165, 1.54) is 0 Å². The molecule has 0 spiro atoms. The van der Waals surface area contributed by atoms with Crippen molar-refractivity contribution in [2.75, 3.05) is 0 Å². The molecule has 0 bridgehead atoms. The molecule has 11 heavy (non-hydrogen) atoms. The zero-order valence-corrected chi connectivity index (χ0v) is 6.12. The maximum absolute atomic E-state index is 11.2. The standard InChI is InChI=1S/C2H2F3NO3S.Li.H/c3-2(4,5)1(6)10(7,8)9;;/h6H,(H,7,8,9);;/q;+1;-1. The van der Waals surface area contributed by atoms with Crippen molar-refractivity contribution in [1.29, 1.82) is 5.41 Å². The number of hydrogen-bond donors (Lipinski definition) is 2. The SMILES string of the molecule is N=C(C(F)(F)F)S(=O)(=O)O.[H-].[Li+]. The van der Waals surface area contributed by atoms with E-state index in [0.717, 1.165) is 0 Å². The van der Waals surface area contributed by atoms with Gasteiger partial charge in [-0.15, -0.1) is 0 Å². The van der Waals surface area contributed by atoms with Gasteiger partial charge in [0.25, 0.3) is 5.04 Å². The molecular formula is C2H3F3LiNO3S. The predicted molar refractivity (Wildman–Crippen MR) is 26.4 cm³/mol. The molecule has 62 valence electrons. The van der Waals surface area contributed by atoms with E-state index in [1.54, 1.807) is 0 Å². The van der Waals surface area contributed by atoms with Crippen molar-refractivity contribution in [3.63, 3.8) is 0 Å². The fraction of sp³-hybridized carbons (Fsp3) is 0.500. The minimum absolute atomic E-state index is 0. The smallest absolute Gasteiger partial charge is 1.00 e. The van der Waals surface area contributed by atoms with Gasteiger partial charge in [-0.05, 0) is 0 Å². The second-order valence-electron chi connectivity index (χ2n) is 1.30. The molecule has 0 aromatic heterocycles. The Morgan fingerprint density at radius 3 is 1.73 bits per heavy atom. The molecule has 0 aromatic carbocycles. The van der Waals surface area contributed by atoms with Crippen molar-refractivity contribution >= 4 is 15.2 Å². The Labute approximate surface area is 73.7 Å². The summed E-state index contributed by atoms with van der Waals surface area (Å²) in [6, 6.07) is 0. The Morgan fingerprint density at radius 1 is 1.45 bits per heavy atom. The van der Waals surface area contributed by atoms with Crippen LogP contribution in [0.2, 0.25) is 0 Å². The van der Waals surface area contributed by atoms with E-state index in [2.05, 4.69) is 0 Å². The Hall–Kier alpha value is -0.0326. The second-order valence-corrected chi connectivity index (χ2v) is 2.66. The number of alkyl halides is 3. The molecule has 2 N–H and O–H groups in total. The number of rotatable bonds is 0. The molecule has 0 radical (unpaired) electrons. The summed E-state index contributed by atoms with van der Waals surface area (Å²) < 4.78 is 60.4. The Balaban J connectivity index is -0.000000405. The van der Waals surface area contributed by atoms with Gasteiger partial charge in [0, 0.05) is 0 Å². The van der Waals surface area contributed by atoms with E-state index in [0.29, 0.717) is 0 Å². The number of hydrogen-bond acceptors (Lipinski definition) is 3. The Kier molecular flexibility index (Phi) is 4.41. The van der Waals surface area contributed by atoms with Crippen LogP contribution in [0.5, 0.6) is 0 Å². The van der Waals surface area contributed by atoms with Gasteiger partial charge >= 0.3 is 35.2 Å². The van der Waals surface area contributed by atoms with Crippen LogP contribution < -0.4 is 18.9 Å². The molecule has 0 aliphatic carbocycles. The van der Waals surface area contributed by atoms with Crippen molar-refractivity contribution in [3.05, 3.63) is 0 Å². The molecule has 0 heterocycles. The molecule has 0 fully saturated rings. The van der Waals surface area contributed by atoms with Gasteiger partial charge < -0.3 is 1.43 Å². The molecule has 0 amide bonds. The summed E-state index contributed by atoms with van der Waals surface area (Å²) in [6.45, 7) is 0. The molecule has 4 nitrogen and oxygen atoms in total. The molecule has 0 saturated carbocycles. The Bertz CT molecular complexity index is 249. The third-order valence-corrected chi connectivity index (χ3v) is 1.26. The quantitative estimate of drug-likeness (QED) is 0.190. The van der Waals surface area contributed by atoms with Crippen LogP contribution in [-0.4, -0.2) is 24.2 Å². The van der Waals surface area contributed by atoms with Gasteiger partial charge in [-0.3, -0.25) is 9.96 Å². The van der Waals surface area contributed by atoms with E-state index >= 15 is 0 Å². The van der Waals surface area contributed by atoms with Crippen molar-refractivity contribution < 1.29 is 46.4 Å². The van der Waals surface area contributed by atoms with Crippen LogP contribution in [0, 0.1) is 5.41 Å². The predicted octanol–water partition coefficient (Wildman–Crippen LogP) is -2.47. The van der Waals surface area contributed by atoms with Crippen LogP contribution in [0.15, 0.2) is 0 Å². The number of nitrogens with one attached hydrogen (secondary N) is 1. The molecule has 0 atom stereocenters. The molecule has 0 aliphatic rings. The van der Waals surface area contributed by atoms with Crippen molar-refractivity contribution in [2.45, 2.75) is 6.18 Å². The van der Waals surface area contributed by atoms with Crippen molar-refractivity contribution in [2.24, 2.45) is 0 Å². The molecule has 0 rings (SSSR count). The topological polar surface area (TPSA) is 78.2 Å². The van der Waals surface area contributed by atoms with Crippen LogP contribution in [0.1, 0.15) is 1.43 Å². The monoisotopic (exact) mass is 185 g/mol. The minimum Gasteiger partial charge on any atom is -1.00 e. The van der Waals surface area contributed by atoms with Crippen LogP contribution in [0.4, 0.5) is 13.2 Å². The van der Waals surface area contributed by atoms with Crippen LogP contribution in [0.25, 0.3) is 0 Å². The van der Waals surface area contributed by atoms with Gasteiger partial charge in [0.05, 0.1) is 0 Å². The fourth-order valence-corrected chi connectivity index (χ4v) is 0.439. The summed E-state index contributed by atoms with van der Waals surface area (Å²) in [5.74, 6) is 0. The summed E-state index contributed by atoms with van der Waals surface area (Å²) in [6.07, 6.45) is -5.31. The maximum atomic E-state index is 11.2. The molecule has 0 aromatic rings. The van der Waals surface area contributed by atoms with E-state index < -0.39 is 21.3 Å². The summed E-state index contributed by atoms with van der Waals surface area (Å²) in [7, 11) is -5.40. The van der Waals surface area contributed by atoms with Crippen LogP contribution >= 0.6 is 0 Å². The van der Waals surface area contributed by atoms with Gasteiger partial charge in [-0.1, -0.05) is 0 Å². The van der Waals surface area contributed by atoms with Crippen LogP contribution in [-0.2, 0) is 10.1 Å². The van der Waals surface area contributed by atoms with Crippen molar-refractivity contribution in [1.82, 2.24) is 0 Å². The summed E-state index contributed by atoms with van der Waals surface area (Å²) in [5.41, 5.74) is 0. The van der Waals surface area contributed by atoms with Crippen LogP contribution in [0.3, 0.4) is 0 Å². The van der Waals surface area contributed by atoms with Crippen molar-refractivity contribution in [3.8, 4) is 0 Å². The van der Waals surface area contributed by atoms with E-state index in [-0.39, 0.29) is 20.3 Å². The first-order valence-corrected chi connectivity index (χ1v) is 3.23. The molecule has 0 saturated heterocycles. The number of halogens is 3. The second kappa shape index (κ2) is 3.58. The third kappa shape index (κ3) is 4.42. The molecule has 0 aliphatic heterocycles.